The number of nitrogens with two attached hydrogens (primary N) is 1. The van der Waals surface area contributed by atoms with Crippen molar-refractivity contribution in [3.05, 3.63) is 0 Å². The number of nitrogens with zero attached hydrogens (tertiary/aromatic N) is 1. The molecule has 1 heterocycles. The maximum Gasteiger partial charge on any atom is 0.00985 e. The molecule has 2 rings (SSSR count). The topological polar surface area (TPSA) is 29.3 Å². The van der Waals surface area contributed by atoms with Crippen molar-refractivity contribution < 1.29 is 0 Å². The van der Waals surface area contributed by atoms with Crippen LogP contribution in [0.15, 0.2) is 0 Å². The Kier molecular flexibility index (Phi) is 3.82. The molecular weight excluding hydrogens is 172 g/mol. The lowest BCUT2D eigenvalue weighted by molar-refractivity contribution is 0.209. The lowest BCUT2D eigenvalue weighted by Crippen LogP contribution is -2.32. The molecule has 2 atom stereocenters. The molecule has 1 saturated heterocycles. The van der Waals surface area contributed by atoms with Gasteiger partial charge in [0.1, 0.15) is 0 Å². The van der Waals surface area contributed by atoms with Gasteiger partial charge in [0.25, 0.3) is 0 Å². The maximum absolute atomic E-state index is 5.47. The summed E-state index contributed by atoms with van der Waals surface area (Å²) in [5, 5.41) is 0. The van der Waals surface area contributed by atoms with Crippen molar-refractivity contribution in [2.45, 2.75) is 51.0 Å². The third-order valence-corrected chi connectivity index (χ3v) is 3.92. The second kappa shape index (κ2) is 5.13. The average molecular weight is 196 g/mol. The SMILES string of the molecule is NCCCCCCN1CC2CCC1C2. The Balaban J connectivity index is 1.54. The Bertz CT molecular complexity index is 170. The molecule has 2 fully saturated rings. The summed E-state index contributed by atoms with van der Waals surface area (Å²) in [4.78, 5) is 2.73. The smallest absolute Gasteiger partial charge is 0.00985 e. The van der Waals surface area contributed by atoms with Crippen LogP contribution >= 0.6 is 0 Å². The number of likely N-dealkylation sites (tertiary alicyclic amines) is 1. The molecule has 2 unspecified atom stereocenters. The van der Waals surface area contributed by atoms with Gasteiger partial charge >= 0.3 is 0 Å². The molecular formula is C12H24N2. The summed E-state index contributed by atoms with van der Waals surface area (Å²) in [6.07, 6.45) is 9.81. The van der Waals surface area contributed by atoms with Crippen molar-refractivity contribution in [1.82, 2.24) is 4.90 Å². The van der Waals surface area contributed by atoms with Crippen molar-refractivity contribution in [3.8, 4) is 0 Å². The number of rotatable bonds is 6. The molecule has 2 heteroatoms. The van der Waals surface area contributed by atoms with Crippen molar-refractivity contribution in [1.29, 1.82) is 0 Å². The second-order valence-electron chi connectivity index (χ2n) is 5.03. The van der Waals surface area contributed by atoms with E-state index in [0.29, 0.717) is 0 Å². The van der Waals surface area contributed by atoms with Crippen LogP contribution in [0.2, 0.25) is 0 Å². The predicted molar refractivity (Wildman–Crippen MR) is 60.2 cm³/mol. The Morgan fingerprint density at radius 3 is 2.57 bits per heavy atom. The largest absolute Gasteiger partial charge is 0.330 e. The molecule has 2 bridgehead atoms. The van der Waals surface area contributed by atoms with Crippen LogP contribution in [0.3, 0.4) is 0 Å². The average Bonchev–Trinajstić information content (AvgIpc) is 2.79. The third kappa shape index (κ3) is 2.48. The number of hydrogen-bond acceptors (Lipinski definition) is 2. The maximum atomic E-state index is 5.47. The van der Waals surface area contributed by atoms with Gasteiger partial charge in [0.15, 0.2) is 0 Å². The lowest BCUT2D eigenvalue weighted by Gasteiger charge is -2.26. The van der Waals surface area contributed by atoms with Gasteiger partial charge in [0.05, 0.1) is 0 Å². The van der Waals surface area contributed by atoms with Crippen LogP contribution in [0.5, 0.6) is 0 Å². The summed E-state index contributed by atoms with van der Waals surface area (Å²) in [5.74, 6) is 1.06. The second-order valence-corrected chi connectivity index (χ2v) is 5.03. The van der Waals surface area contributed by atoms with E-state index in [4.69, 9.17) is 5.73 Å². The Morgan fingerprint density at radius 2 is 1.93 bits per heavy atom. The van der Waals surface area contributed by atoms with Crippen LogP contribution in [0.4, 0.5) is 0 Å². The van der Waals surface area contributed by atoms with Crippen molar-refractivity contribution in [2.24, 2.45) is 11.7 Å². The number of fused-ring (bicyclic) bond motifs is 2. The number of hydrogen-bond donors (Lipinski definition) is 1. The van der Waals surface area contributed by atoms with Gasteiger partial charge in [-0.1, -0.05) is 12.8 Å². The Labute approximate surface area is 87.8 Å². The van der Waals surface area contributed by atoms with Gasteiger partial charge in [0.2, 0.25) is 0 Å². The van der Waals surface area contributed by atoms with Crippen LogP contribution < -0.4 is 5.73 Å². The predicted octanol–water partition coefficient (Wildman–Crippen LogP) is 1.99. The summed E-state index contributed by atoms with van der Waals surface area (Å²) in [6, 6.07) is 0.967. The molecule has 1 saturated carbocycles. The van der Waals surface area contributed by atoms with Gasteiger partial charge in [-0.05, 0) is 51.1 Å². The first-order valence-electron chi connectivity index (χ1n) is 6.34. The van der Waals surface area contributed by atoms with Gasteiger partial charge in [-0.2, -0.15) is 0 Å². The van der Waals surface area contributed by atoms with Gasteiger partial charge in [-0.3, -0.25) is 0 Å². The van der Waals surface area contributed by atoms with E-state index in [0.717, 1.165) is 18.5 Å². The zero-order chi connectivity index (χ0) is 9.80. The summed E-state index contributed by atoms with van der Waals surface area (Å²) >= 11 is 0. The van der Waals surface area contributed by atoms with Crippen LogP contribution in [-0.2, 0) is 0 Å². The molecule has 0 radical (unpaired) electrons. The van der Waals surface area contributed by atoms with E-state index in [9.17, 15) is 0 Å². The van der Waals surface area contributed by atoms with E-state index >= 15 is 0 Å². The third-order valence-electron chi connectivity index (χ3n) is 3.92. The molecule has 2 aliphatic rings. The minimum atomic E-state index is 0.869. The monoisotopic (exact) mass is 196 g/mol. The van der Waals surface area contributed by atoms with E-state index in [1.807, 2.05) is 0 Å². The quantitative estimate of drug-likeness (QED) is 0.658. The van der Waals surface area contributed by atoms with E-state index in [1.54, 1.807) is 0 Å². The van der Waals surface area contributed by atoms with E-state index in [1.165, 1.54) is 58.0 Å². The Hall–Kier alpha value is -0.0800. The highest BCUT2D eigenvalue weighted by atomic mass is 15.2. The molecule has 0 aromatic heterocycles. The highest BCUT2D eigenvalue weighted by Gasteiger charge is 2.36. The normalized spacial score (nSPS) is 31.5. The molecule has 0 aromatic carbocycles. The summed E-state index contributed by atoms with van der Waals surface area (Å²) in [7, 11) is 0. The zero-order valence-corrected chi connectivity index (χ0v) is 9.25. The van der Waals surface area contributed by atoms with Crippen LogP contribution in [0.1, 0.15) is 44.9 Å². The Morgan fingerprint density at radius 1 is 1.07 bits per heavy atom. The zero-order valence-electron chi connectivity index (χ0n) is 9.25. The molecule has 0 aromatic rings. The lowest BCUT2D eigenvalue weighted by atomic mass is 10.1. The summed E-state index contributed by atoms with van der Waals surface area (Å²) < 4.78 is 0. The fraction of sp³-hybridized carbons (Fsp3) is 1.00. The molecule has 82 valence electrons. The van der Waals surface area contributed by atoms with Crippen LogP contribution in [0.25, 0.3) is 0 Å². The minimum absolute atomic E-state index is 0.869. The van der Waals surface area contributed by atoms with Gasteiger partial charge in [-0.15, -0.1) is 0 Å². The van der Waals surface area contributed by atoms with Crippen LogP contribution in [-0.4, -0.2) is 30.6 Å². The van der Waals surface area contributed by atoms with E-state index in [2.05, 4.69) is 4.90 Å². The molecule has 0 spiro atoms. The van der Waals surface area contributed by atoms with Gasteiger partial charge in [-0.25, -0.2) is 0 Å². The van der Waals surface area contributed by atoms with E-state index < -0.39 is 0 Å². The molecule has 1 aliphatic carbocycles. The molecule has 14 heavy (non-hydrogen) atoms. The molecule has 0 amide bonds. The molecule has 1 aliphatic heterocycles. The summed E-state index contributed by atoms with van der Waals surface area (Å²) in [5.41, 5.74) is 5.47. The fourth-order valence-electron chi connectivity index (χ4n) is 3.11. The first-order valence-corrected chi connectivity index (χ1v) is 6.34. The van der Waals surface area contributed by atoms with Crippen molar-refractivity contribution >= 4 is 0 Å². The number of piperidine rings is 1. The first kappa shape index (κ1) is 10.4. The standard InChI is InChI=1S/C12H24N2/c13-7-3-1-2-4-8-14-10-11-5-6-12(14)9-11/h11-12H,1-10,13H2. The highest BCUT2D eigenvalue weighted by Crippen LogP contribution is 2.37. The highest BCUT2D eigenvalue weighted by molar-refractivity contribution is 4.91. The van der Waals surface area contributed by atoms with E-state index in [-0.39, 0.29) is 0 Å². The minimum Gasteiger partial charge on any atom is -0.330 e. The molecule has 2 nitrogen and oxygen atoms in total. The van der Waals surface area contributed by atoms with Gasteiger partial charge < -0.3 is 10.6 Å². The van der Waals surface area contributed by atoms with Crippen molar-refractivity contribution in [2.75, 3.05) is 19.6 Å². The molecule has 2 N–H and O–H groups in total. The summed E-state index contributed by atoms with van der Waals surface area (Å²) in [6.45, 7) is 3.63. The number of unbranched alkanes of at least 4 members (excludes halogenated alkanes) is 3. The fourth-order valence-corrected chi connectivity index (χ4v) is 3.11. The van der Waals surface area contributed by atoms with Gasteiger partial charge in [0, 0.05) is 12.6 Å². The van der Waals surface area contributed by atoms with Crippen LogP contribution in [0, 0.1) is 5.92 Å². The van der Waals surface area contributed by atoms with Crippen molar-refractivity contribution in [3.63, 3.8) is 0 Å². The first-order chi connectivity index (χ1) is 6.90.